The third kappa shape index (κ3) is 4.71. The van der Waals surface area contributed by atoms with Crippen molar-refractivity contribution in [3.05, 3.63) is 58.9 Å². The molecule has 0 radical (unpaired) electrons. The van der Waals surface area contributed by atoms with Gasteiger partial charge in [0.25, 0.3) is 5.91 Å². The summed E-state index contributed by atoms with van der Waals surface area (Å²) in [4.78, 5) is 16.5. The topological polar surface area (TPSA) is 54.0 Å². The predicted octanol–water partition coefficient (Wildman–Crippen LogP) is 4.41. The van der Waals surface area contributed by atoms with Crippen LogP contribution < -0.4 is 10.6 Å². The Kier molecular flexibility index (Phi) is 5.70. The monoisotopic (exact) mass is 343 g/mol. The number of hydrogen-bond donors (Lipinski definition) is 2. The van der Waals surface area contributed by atoms with Crippen LogP contribution in [0.15, 0.2) is 42.6 Å². The summed E-state index contributed by atoms with van der Waals surface area (Å²) in [7, 11) is 0. The molecular weight excluding hydrogens is 322 g/mol. The van der Waals surface area contributed by atoms with Crippen molar-refractivity contribution in [1.82, 2.24) is 10.3 Å². The van der Waals surface area contributed by atoms with Gasteiger partial charge in [0.15, 0.2) is 0 Å². The molecule has 1 amide bonds. The minimum atomic E-state index is -0.0776. The first-order valence-corrected chi connectivity index (χ1v) is 8.84. The van der Waals surface area contributed by atoms with Crippen LogP contribution >= 0.6 is 11.6 Å². The highest BCUT2D eigenvalue weighted by molar-refractivity contribution is 6.30. The lowest BCUT2D eigenvalue weighted by molar-refractivity contribution is 0.0922. The van der Waals surface area contributed by atoms with Crippen LogP contribution in [0.4, 0.5) is 5.69 Å². The van der Waals surface area contributed by atoms with Gasteiger partial charge in [-0.15, -0.1) is 0 Å². The number of anilines is 1. The lowest BCUT2D eigenvalue weighted by Gasteiger charge is -2.22. The predicted molar refractivity (Wildman–Crippen MR) is 97.4 cm³/mol. The van der Waals surface area contributed by atoms with E-state index in [-0.39, 0.29) is 5.91 Å². The summed E-state index contributed by atoms with van der Waals surface area (Å²) in [5, 5.41) is 7.10. The summed E-state index contributed by atoms with van der Waals surface area (Å²) in [6.45, 7) is 0.687. The standard InChI is InChI=1S/C19H22ClN3O/c20-15-8-6-14(7-9-15)12-21-17-10-11-18(22-13-17)19(24)23-16-4-2-1-3-5-16/h6-11,13,16,21H,1-5,12H2,(H,23,24). The van der Waals surface area contributed by atoms with Crippen LogP contribution in [0.3, 0.4) is 0 Å². The van der Waals surface area contributed by atoms with Crippen LogP contribution in [-0.4, -0.2) is 16.9 Å². The summed E-state index contributed by atoms with van der Waals surface area (Å²) in [5.41, 5.74) is 2.50. The number of hydrogen-bond acceptors (Lipinski definition) is 3. The molecule has 1 saturated carbocycles. The zero-order chi connectivity index (χ0) is 16.8. The third-order valence-electron chi connectivity index (χ3n) is 4.35. The van der Waals surface area contributed by atoms with Crippen molar-refractivity contribution >= 4 is 23.2 Å². The van der Waals surface area contributed by atoms with E-state index in [4.69, 9.17) is 11.6 Å². The van der Waals surface area contributed by atoms with Crippen LogP contribution in [0.1, 0.15) is 48.2 Å². The molecule has 2 aromatic rings. The number of halogens is 1. The molecule has 1 fully saturated rings. The van der Waals surface area contributed by atoms with Crippen molar-refractivity contribution in [2.45, 2.75) is 44.7 Å². The Labute approximate surface area is 147 Å². The normalized spacial score (nSPS) is 15.0. The van der Waals surface area contributed by atoms with Crippen LogP contribution in [-0.2, 0) is 6.54 Å². The van der Waals surface area contributed by atoms with Gasteiger partial charge in [-0.3, -0.25) is 4.79 Å². The first-order chi connectivity index (χ1) is 11.7. The second-order valence-electron chi connectivity index (χ2n) is 6.22. The Morgan fingerprint density at radius 1 is 1.08 bits per heavy atom. The SMILES string of the molecule is O=C(NC1CCCCC1)c1ccc(NCc2ccc(Cl)cc2)cn1. The van der Waals surface area contributed by atoms with Crippen LogP contribution in [0.25, 0.3) is 0 Å². The fourth-order valence-electron chi connectivity index (χ4n) is 2.95. The number of nitrogens with zero attached hydrogens (tertiary/aromatic N) is 1. The van der Waals surface area contributed by atoms with Gasteiger partial charge in [-0.1, -0.05) is 43.0 Å². The largest absolute Gasteiger partial charge is 0.380 e. The molecule has 24 heavy (non-hydrogen) atoms. The minimum Gasteiger partial charge on any atom is -0.380 e. The first kappa shape index (κ1) is 16.8. The van der Waals surface area contributed by atoms with Crippen molar-refractivity contribution in [3.8, 4) is 0 Å². The van der Waals surface area contributed by atoms with Crippen molar-refractivity contribution in [2.75, 3.05) is 5.32 Å². The highest BCUT2D eigenvalue weighted by Crippen LogP contribution is 2.18. The van der Waals surface area contributed by atoms with E-state index in [1.165, 1.54) is 19.3 Å². The zero-order valence-corrected chi connectivity index (χ0v) is 14.4. The molecule has 1 aromatic carbocycles. The number of pyridine rings is 1. The average Bonchev–Trinajstić information content (AvgIpc) is 2.62. The maximum atomic E-state index is 12.2. The van der Waals surface area contributed by atoms with E-state index >= 15 is 0 Å². The van der Waals surface area contributed by atoms with Gasteiger partial charge in [0.1, 0.15) is 5.69 Å². The molecule has 0 unspecified atom stereocenters. The van der Waals surface area contributed by atoms with Gasteiger partial charge < -0.3 is 10.6 Å². The molecule has 4 nitrogen and oxygen atoms in total. The van der Waals surface area contributed by atoms with E-state index in [0.717, 1.165) is 29.1 Å². The molecule has 1 aromatic heterocycles. The summed E-state index contributed by atoms with van der Waals surface area (Å²) >= 11 is 5.88. The Morgan fingerprint density at radius 2 is 1.83 bits per heavy atom. The molecule has 1 heterocycles. The summed E-state index contributed by atoms with van der Waals surface area (Å²) in [6.07, 6.45) is 7.53. The van der Waals surface area contributed by atoms with Gasteiger partial charge in [0, 0.05) is 17.6 Å². The number of amides is 1. The number of aromatic nitrogens is 1. The quantitative estimate of drug-likeness (QED) is 0.845. The van der Waals surface area contributed by atoms with Crippen molar-refractivity contribution in [1.29, 1.82) is 0 Å². The Balaban J connectivity index is 1.52. The molecule has 0 saturated heterocycles. The highest BCUT2D eigenvalue weighted by atomic mass is 35.5. The van der Waals surface area contributed by atoms with Crippen LogP contribution in [0, 0.1) is 0 Å². The van der Waals surface area contributed by atoms with E-state index in [9.17, 15) is 4.79 Å². The minimum absolute atomic E-state index is 0.0776. The molecule has 1 aliphatic rings. The smallest absolute Gasteiger partial charge is 0.270 e. The maximum Gasteiger partial charge on any atom is 0.270 e. The molecule has 0 aliphatic heterocycles. The molecule has 3 rings (SSSR count). The molecular formula is C19H22ClN3O. The van der Waals surface area contributed by atoms with E-state index in [1.54, 1.807) is 12.3 Å². The maximum absolute atomic E-state index is 12.2. The number of carbonyl (C=O) groups is 1. The van der Waals surface area contributed by atoms with Crippen molar-refractivity contribution in [3.63, 3.8) is 0 Å². The second-order valence-corrected chi connectivity index (χ2v) is 6.66. The average molecular weight is 344 g/mol. The number of benzene rings is 1. The van der Waals surface area contributed by atoms with Crippen molar-refractivity contribution < 1.29 is 4.79 Å². The molecule has 2 N–H and O–H groups in total. The number of nitrogens with one attached hydrogen (secondary N) is 2. The van der Waals surface area contributed by atoms with E-state index in [0.29, 0.717) is 18.3 Å². The van der Waals surface area contributed by atoms with Gasteiger partial charge in [-0.05, 0) is 42.7 Å². The summed E-state index contributed by atoms with van der Waals surface area (Å²) in [5.74, 6) is -0.0776. The summed E-state index contributed by atoms with van der Waals surface area (Å²) < 4.78 is 0. The molecule has 5 heteroatoms. The molecule has 1 aliphatic carbocycles. The Bertz CT molecular complexity index is 664. The first-order valence-electron chi connectivity index (χ1n) is 8.46. The Morgan fingerprint density at radius 3 is 2.50 bits per heavy atom. The number of rotatable bonds is 5. The van der Waals surface area contributed by atoms with Crippen LogP contribution in [0.5, 0.6) is 0 Å². The third-order valence-corrected chi connectivity index (χ3v) is 4.60. The molecule has 0 atom stereocenters. The van der Waals surface area contributed by atoms with Gasteiger partial charge in [-0.2, -0.15) is 0 Å². The lowest BCUT2D eigenvalue weighted by Crippen LogP contribution is -2.36. The summed E-state index contributed by atoms with van der Waals surface area (Å²) in [6, 6.07) is 11.7. The van der Waals surface area contributed by atoms with Gasteiger partial charge in [0.05, 0.1) is 11.9 Å². The van der Waals surface area contributed by atoms with E-state index in [2.05, 4.69) is 15.6 Å². The van der Waals surface area contributed by atoms with Crippen molar-refractivity contribution in [2.24, 2.45) is 0 Å². The van der Waals surface area contributed by atoms with Gasteiger partial charge in [-0.25, -0.2) is 4.98 Å². The fraction of sp³-hybridized carbons (Fsp3) is 0.368. The highest BCUT2D eigenvalue weighted by Gasteiger charge is 2.17. The van der Waals surface area contributed by atoms with E-state index in [1.807, 2.05) is 30.3 Å². The fourth-order valence-corrected chi connectivity index (χ4v) is 3.07. The van der Waals surface area contributed by atoms with Gasteiger partial charge >= 0.3 is 0 Å². The second kappa shape index (κ2) is 8.15. The Hall–Kier alpha value is -2.07. The van der Waals surface area contributed by atoms with Crippen LogP contribution in [0.2, 0.25) is 5.02 Å². The molecule has 0 bridgehead atoms. The lowest BCUT2D eigenvalue weighted by atomic mass is 9.95. The molecule has 126 valence electrons. The molecule has 0 spiro atoms. The van der Waals surface area contributed by atoms with Gasteiger partial charge in [0.2, 0.25) is 0 Å². The van der Waals surface area contributed by atoms with E-state index < -0.39 is 0 Å². The zero-order valence-electron chi connectivity index (χ0n) is 13.6. The number of carbonyl (C=O) groups excluding carboxylic acids is 1.